The van der Waals surface area contributed by atoms with Crippen LogP contribution in [0.25, 0.3) is 0 Å². The number of H-pyrrole nitrogens is 1. The Morgan fingerprint density at radius 3 is 2.65 bits per heavy atom. The molecule has 1 aliphatic heterocycles. The van der Waals surface area contributed by atoms with Crippen LogP contribution in [0.3, 0.4) is 0 Å². The monoisotopic (exact) mass is 576 g/mol. The molecular weight excluding hydrogens is 542 g/mol. The summed E-state index contributed by atoms with van der Waals surface area (Å²) in [5.74, 6) is -1.66. The van der Waals surface area contributed by atoms with Crippen molar-refractivity contribution in [3.8, 4) is 0 Å². The van der Waals surface area contributed by atoms with Gasteiger partial charge in [0.25, 0.3) is 5.91 Å². The van der Waals surface area contributed by atoms with Crippen molar-refractivity contribution in [1.29, 1.82) is 0 Å². The average molecular weight is 577 g/mol. The smallest absolute Gasteiger partial charge is 0.258 e. The van der Waals surface area contributed by atoms with E-state index in [1.807, 2.05) is 31.0 Å². The predicted octanol–water partition coefficient (Wildman–Crippen LogP) is 3.55. The maximum Gasteiger partial charge on any atom is 0.258 e. The van der Waals surface area contributed by atoms with Crippen molar-refractivity contribution in [3.05, 3.63) is 64.9 Å². The summed E-state index contributed by atoms with van der Waals surface area (Å²) >= 11 is 0. The number of benzene rings is 2. The van der Waals surface area contributed by atoms with Crippen molar-refractivity contribution >= 4 is 34.1 Å². The zero-order chi connectivity index (χ0) is 28.8. The number of nitrogens with one attached hydrogen (secondary N) is 3. The Hall–Kier alpha value is -3.39. The molecule has 0 saturated heterocycles. The fourth-order valence-electron chi connectivity index (χ4n) is 4.47. The van der Waals surface area contributed by atoms with E-state index in [1.165, 1.54) is 0 Å². The summed E-state index contributed by atoms with van der Waals surface area (Å²) in [6.07, 6.45) is 0.478. The summed E-state index contributed by atoms with van der Waals surface area (Å²) < 4.78 is 52.6. The summed E-state index contributed by atoms with van der Waals surface area (Å²) in [5.41, 5.74) is 3.42. The molecule has 2 aromatic carbocycles. The van der Waals surface area contributed by atoms with Gasteiger partial charge in [0, 0.05) is 82.1 Å². The molecule has 13 heteroatoms. The van der Waals surface area contributed by atoms with E-state index in [-0.39, 0.29) is 23.4 Å². The van der Waals surface area contributed by atoms with E-state index in [2.05, 4.69) is 20.8 Å². The van der Waals surface area contributed by atoms with E-state index >= 15 is 0 Å². The first-order valence-corrected chi connectivity index (χ1v) is 13.9. The quantitative estimate of drug-likeness (QED) is 0.302. The lowest BCUT2D eigenvalue weighted by Gasteiger charge is -2.26. The fraction of sp³-hybridized carbons (Fsp3) is 0.407. The van der Waals surface area contributed by atoms with E-state index in [4.69, 9.17) is 9.47 Å². The molecule has 0 bridgehead atoms. The summed E-state index contributed by atoms with van der Waals surface area (Å²) in [6, 6.07) is 8.30. The number of halogens is 2. The lowest BCUT2D eigenvalue weighted by Crippen LogP contribution is -2.32. The van der Waals surface area contributed by atoms with Gasteiger partial charge in [-0.15, -0.1) is 0 Å². The number of carbonyl (C=O) groups excluding carboxylic acids is 1. The topological polar surface area (TPSA) is 112 Å². The second-order valence-corrected chi connectivity index (χ2v) is 11.1. The molecule has 4 rings (SSSR count). The first-order valence-electron chi connectivity index (χ1n) is 12.8. The molecule has 2 atom stereocenters. The highest BCUT2D eigenvalue weighted by Gasteiger charge is 2.28. The molecule has 0 aliphatic carbocycles. The van der Waals surface area contributed by atoms with Crippen LogP contribution in [0.15, 0.2) is 41.3 Å². The highest BCUT2D eigenvalue weighted by atomic mass is 32.2. The Bertz CT molecular complexity index is 1350. The minimum atomic E-state index is -1.80. The van der Waals surface area contributed by atoms with Crippen molar-refractivity contribution in [2.45, 2.75) is 30.8 Å². The van der Waals surface area contributed by atoms with Crippen LogP contribution in [0.1, 0.15) is 28.5 Å². The van der Waals surface area contributed by atoms with Crippen molar-refractivity contribution in [2.24, 2.45) is 0 Å². The zero-order valence-electron chi connectivity index (χ0n) is 22.9. The van der Waals surface area contributed by atoms with E-state index in [1.54, 1.807) is 24.6 Å². The van der Waals surface area contributed by atoms with Crippen LogP contribution < -0.4 is 15.5 Å². The molecule has 1 aromatic heterocycles. The second-order valence-electron chi connectivity index (χ2n) is 9.60. The average Bonchev–Trinajstić information content (AvgIpc) is 3.32. The van der Waals surface area contributed by atoms with Gasteiger partial charge in [-0.1, -0.05) is 0 Å². The molecule has 10 nitrogen and oxygen atoms in total. The molecule has 1 amide bonds. The largest absolute Gasteiger partial charge is 0.383 e. The van der Waals surface area contributed by atoms with Gasteiger partial charge in [0.1, 0.15) is 22.6 Å². The number of ether oxygens (including phenoxy) is 2. The van der Waals surface area contributed by atoms with E-state index in [0.717, 1.165) is 29.6 Å². The highest BCUT2D eigenvalue weighted by molar-refractivity contribution is 7.82. The van der Waals surface area contributed by atoms with Gasteiger partial charge in [0.2, 0.25) is 0 Å². The van der Waals surface area contributed by atoms with E-state index in [9.17, 15) is 17.8 Å². The molecular formula is C27H34F2N6O4S. The van der Waals surface area contributed by atoms with Crippen LogP contribution in [0.5, 0.6) is 0 Å². The summed E-state index contributed by atoms with van der Waals surface area (Å²) in [6.45, 7) is 4.19. The molecule has 0 radical (unpaired) electrons. The number of nitrogens with zero attached hydrogens (tertiary/aromatic N) is 3. The lowest BCUT2D eigenvalue weighted by molar-refractivity contribution is 0.102. The first kappa shape index (κ1) is 29.6. The number of rotatable bonds is 12. The number of aromatic amines is 1. The van der Waals surface area contributed by atoms with Crippen LogP contribution in [0.2, 0.25) is 0 Å². The minimum absolute atomic E-state index is 0.0338. The zero-order valence-corrected chi connectivity index (χ0v) is 23.7. The maximum absolute atomic E-state index is 13.7. The van der Waals surface area contributed by atoms with Gasteiger partial charge >= 0.3 is 0 Å². The number of hydrogen-bond donors (Lipinski definition) is 3. The molecule has 2 unspecified atom stereocenters. The van der Waals surface area contributed by atoms with Gasteiger partial charge in [-0.25, -0.2) is 17.3 Å². The van der Waals surface area contributed by atoms with Crippen LogP contribution in [0, 0.1) is 11.6 Å². The summed E-state index contributed by atoms with van der Waals surface area (Å²) in [5, 5.41) is 13.5. The Balaban J connectivity index is 1.55. The molecule has 216 valence electrons. The molecule has 2 heterocycles. The van der Waals surface area contributed by atoms with Crippen LogP contribution >= 0.6 is 0 Å². The van der Waals surface area contributed by atoms with E-state index < -0.39 is 22.6 Å². The molecule has 0 saturated carbocycles. The SMILES string of the molecule is COCCN(C)c1ccc(C(=O)Nc2n[nH]c3c2CN(S(=O)c2cc(F)cc(F)c2)CC3)c(NC(C)COC)c1. The predicted molar refractivity (Wildman–Crippen MR) is 150 cm³/mol. The molecule has 0 fully saturated rings. The Morgan fingerprint density at radius 1 is 1.20 bits per heavy atom. The first-order chi connectivity index (χ1) is 19.2. The Kier molecular flexibility index (Phi) is 9.85. The Morgan fingerprint density at radius 2 is 1.95 bits per heavy atom. The van der Waals surface area contributed by atoms with Crippen molar-refractivity contribution in [3.63, 3.8) is 0 Å². The summed E-state index contributed by atoms with van der Waals surface area (Å²) in [7, 11) is 3.41. The molecule has 3 aromatic rings. The molecule has 3 N–H and O–H groups in total. The number of fused-ring (bicyclic) bond motifs is 1. The van der Waals surface area contributed by atoms with Gasteiger partial charge in [-0.05, 0) is 37.3 Å². The Labute approximate surface area is 234 Å². The normalized spacial score (nSPS) is 14.8. The number of likely N-dealkylation sites (N-methyl/N-ethyl adjacent to an activating group) is 1. The standard InChI is InChI=1S/C27H34F2N6O4S/c1-17(16-39-4)30-25-14-20(34(2)9-10-38-3)5-6-22(25)27(36)31-26-23-15-35(8-7-24(23)32-33-26)40(37)21-12-18(28)11-19(29)13-21/h5-6,11-14,17,30H,7-10,15-16H2,1-4H3,(H2,31,32,33,36). The fourth-order valence-corrected chi connectivity index (χ4v) is 5.70. The number of carbonyl (C=O) groups is 1. The number of amides is 1. The van der Waals surface area contributed by atoms with Gasteiger partial charge in [0.05, 0.1) is 23.7 Å². The third kappa shape index (κ3) is 7.02. The number of anilines is 3. The van der Waals surface area contributed by atoms with Crippen LogP contribution in [-0.4, -0.2) is 78.2 Å². The van der Waals surface area contributed by atoms with Crippen molar-refractivity contribution in [2.75, 3.05) is 63.1 Å². The van der Waals surface area contributed by atoms with Crippen molar-refractivity contribution in [1.82, 2.24) is 14.5 Å². The molecule has 0 spiro atoms. The minimum Gasteiger partial charge on any atom is -0.383 e. The highest BCUT2D eigenvalue weighted by Crippen LogP contribution is 2.29. The number of hydrogen-bond acceptors (Lipinski definition) is 7. The third-order valence-electron chi connectivity index (χ3n) is 6.54. The van der Waals surface area contributed by atoms with Gasteiger partial charge < -0.3 is 25.0 Å². The lowest BCUT2D eigenvalue weighted by atomic mass is 10.1. The number of methoxy groups -OCH3 is 2. The summed E-state index contributed by atoms with van der Waals surface area (Å²) in [4.78, 5) is 15.6. The van der Waals surface area contributed by atoms with Gasteiger partial charge in [-0.2, -0.15) is 5.10 Å². The third-order valence-corrected chi connectivity index (χ3v) is 7.96. The number of aromatic nitrogens is 2. The van der Waals surface area contributed by atoms with Crippen LogP contribution in [-0.2, 0) is 33.4 Å². The van der Waals surface area contributed by atoms with E-state index in [0.29, 0.717) is 55.4 Å². The van der Waals surface area contributed by atoms with Gasteiger partial charge in [-0.3, -0.25) is 9.89 Å². The van der Waals surface area contributed by atoms with Gasteiger partial charge in [0.15, 0.2) is 5.82 Å². The van der Waals surface area contributed by atoms with Crippen molar-refractivity contribution < 1.29 is 27.3 Å². The second kappa shape index (κ2) is 13.3. The molecule has 40 heavy (non-hydrogen) atoms. The molecule has 1 aliphatic rings. The van der Waals surface area contributed by atoms with Crippen LogP contribution in [0.4, 0.5) is 26.0 Å². The maximum atomic E-state index is 13.7.